The topological polar surface area (TPSA) is 471 Å². The van der Waals surface area contributed by atoms with E-state index in [1.807, 2.05) is 0 Å². The summed E-state index contributed by atoms with van der Waals surface area (Å²) in [7, 11) is 0. The molecule has 0 heterocycles. The molecule has 0 radical (unpaired) electrons. The minimum atomic E-state index is -1.29. The predicted octanol–water partition coefficient (Wildman–Crippen LogP) is -7.52. The van der Waals surface area contributed by atoms with Gasteiger partial charge in [-0.1, -0.05) is 0 Å². The van der Waals surface area contributed by atoms with Gasteiger partial charge in [-0.2, -0.15) is 0 Å². The number of carbonyl (C=O) groups is 15. The molecule has 31 heteroatoms. The van der Waals surface area contributed by atoms with Crippen LogP contribution in [-0.2, 0) is 71.9 Å². The fourth-order valence-electron chi connectivity index (χ4n) is 5.66. The van der Waals surface area contributed by atoms with E-state index in [4.69, 9.17) is 10.8 Å². The molecule has 31 nitrogen and oxygen atoms in total. The summed E-state index contributed by atoms with van der Waals surface area (Å²) >= 11 is 0. The smallest absolute Gasteiger partial charge is 0.325 e. The zero-order valence-corrected chi connectivity index (χ0v) is 45.3. The monoisotopic (exact) mass is 1080 g/mol. The van der Waals surface area contributed by atoms with Crippen LogP contribution in [0.2, 0.25) is 0 Å². The molecule has 0 aromatic heterocycles. The number of carboxylic acids is 1. The quantitative estimate of drug-likeness (QED) is 0.0331. The summed E-state index contributed by atoms with van der Waals surface area (Å²) in [5, 5.41) is 42.0. The van der Waals surface area contributed by atoms with Crippen molar-refractivity contribution in [2.75, 3.05) is 0 Å². The Hall–Kier alpha value is -7.99. The molecule has 17 N–H and O–H groups in total. The van der Waals surface area contributed by atoms with E-state index < -0.39 is 179 Å². The van der Waals surface area contributed by atoms with Crippen LogP contribution >= 0.6 is 0 Å². The Balaban J connectivity index is 4.97. The molecule has 0 aliphatic rings. The molecule has 0 unspecified atom stereocenters. The summed E-state index contributed by atoms with van der Waals surface area (Å²) in [5.41, 5.74) is 5.48. The molecule has 0 saturated heterocycles. The summed E-state index contributed by atoms with van der Waals surface area (Å²) in [6.45, 7) is 19.6. The summed E-state index contributed by atoms with van der Waals surface area (Å²) in [4.78, 5) is 188. The first-order valence-corrected chi connectivity index (χ1v) is 24.2. The summed E-state index contributed by atoms with van der Waals surface area (Å²) < 4.78 is 0. The number of rotatable bonds is 29. The fourth-order valence-corrected chi connectivity index (χ4v) is 5.66. The minimum absolute atomic E-state index is 0.582. The van der Waals surface area contributed by atoms with Crippen molar-refractivity contribution < 1.29 is 77.0 Å². The van der Waals surface area contributed by atoms with Gasteiger partial charge in [-0.05, 0) is 104 Å². The van der Waals surface area contributed by atoms with Crippen molar-refractivity contribution in [1.82, 2.24) is 74.4 Å². The number of nitrogens with one attached hydrogen (secondary N) is 14. The highest BCUT2D eigenvalue weighted by atomic mass is 16.4. The van der Waals surface area contributed by atoms with Crippen molar-refractivity contribution in [2.24, 2.45) is 5.73 Å². The van der Waals surface area contributed by atoms with Gasteiger partial charge in [0, 0.05) is 0 Å². The summed E-state index contributed by atoms with van der Waals surface area (Å²) in [6.07, 6.45) is 0. The van der Waals surface area contributed by atoms with Gasteiger partial charge in [0.25, 0.3) is 0 Å². The Morgan fingerprint density at radius 2 is 0.303 bits per heavy atom. The van der Waals surface area contributed by atoms with Crippen LogP contribution in [0.3, 0.4) is 0 Å². The van der Waals surface area contributed by atoms with E-state index in [9.17, 15) is 71.9 Å². The van der Waals surface area contributed by atoms with Gasteiger partial charge in [0.15, 0.2) is 0 Å². The molecule has 0 bridgehead atoms. The second-order valence-corrected chi connectivity index (χ2v) is 18.4. The predicted molar refractivity (Wildman–Crippen MR) is 268 cm³/mol. The molecule has 76 heavy (non-hydrogen) atoms. The number of nitrogens with two attached hydrogens (primary N) is 1. The first-order valence-electron chi connectivity index (χ1n) is 24.2. The van der Waals surface area contributed by atoms with Crippen molar-refractivity contribution in [3.05, 3.63) is 0 Å². The summed E-state index contributed by atoms with van der Waals surface area (Å²) in [6, 6.07) is -17.7. The van der Waals surface area contributed by atoms with Gasteiger partial charge >= 0.3 is 5.97 Å². The van der Waals surface area contributed by atoms with Crippen LogP contribution in [0.15, 0.2) is 0 Å². The van der Waals surface area contributed by atoms with Gasteiger partial charge < -0.3 is 85.3 Å². The van der Waals surface area contributed by atoms with Gasteiger partial charge in [-0.25, -0.2) is 0 Å². The van der Waals surface area contributed by atoms with Crippen LogP contribution in [0.25, 0.3) is 0 Å². The molecule has 428 valence electrons. The van der Waals surface area contributed by atoms with Gasteiger partial charge in [0.2, 0.25) is 82.7 Å². The number of carboxylic acid groups (broad SMARTS) is 1. The average Bonchev–Trinajstić information content (AvgIpc) is 3.32. The zero-order valence-electron chi connectivity index (χ0n) is 45.3. The highest BCUT2D eigenvalue weighted by Gasteiger charge is 2.31. The second-order valence-electron chi connectivity index (χ2n) is 18.4. The minimum Gasteiger partial charge on any atom is -0.480 e. The molecule has 15 atom stereocenters. The van der Waals surface area contributed by atoms with Crippen LogP contribution in [0.4, 0.5) is 0 Å². The van der Waals surface area contributed by atoms with Crippen LogP contribution in [0.1, 0.15) is 104 Å². The van der Waals surface area contributed by atoms with Crippen molar-refractivity contribution in [3.63, 3.8) is 0 Å². The molecular formula is C45H77N15O16. The standard InChI is InChI=1S/C45H77N15O16/c1-16(46)31(61)47-17(2)32(62)48-18(3)33(63)49-19(4)34(64)50-20(5)35(65)51-21(6)36(66)52-22(7)37(67)53-23(8)38(68)54-24(9)39(69)55-25(10)40(70)56-26(11)41(71)57-27(12)42(72)58-28(13)43(73)59-29(14)44(74)60-30(15)45(75)76/h16-30H,46H2,1-15H3,(H,47,61)(H,48,62)(H,49,63)(H,50,64)(H,51,65)(H,52,66)(H,53,67)(H,54,68)(H,55,69)(H,56,70)(H,57,71)(H,58,72)(H,59,73)(H,60,74)(H,75,76)/t16-,17-,18-,19-,20-,21-,22-,23-,24-,25-,26-,27-,28-,29-,30-/m0/s1. The Morgan fingerprint density at radius 1 is 0.211 bits per heavy atom. The van der Waals surface area contributed by atoms with E-state index in [1.54, 1.807) is 0 Å². The Morgan fingerprint density at radius 3 is 0.395 bits per heavy atom. The lowest BCUT2D eigenvalue weighted by molar-refractivity contribution is -0.141. The second kappa shape index (κ2) is 31.7. The van der Waals surface area contributed by atoms with E-state index in [0.717, 1.165) is 0 Å². The van der Waals surface area contributed by atoms with Crippen molar-refractivity contribution in [3.8, 4) is 0 Å². The first kappa shape index (κ1) is 68.0. The van der Waals surface area contributed by atoms with Gasteiger partial charge in [-0.3, -0.25) is 71.9 Å². The van der Waals surface area contributed by atoms with Crippen molar-refractivity contribution >= 4 is 88.7 Å². The molecule has 0 fully saturated rings. The largest absolute Gasteiger partial charge is 0.480 e. The third-order valence-electron chi connectivity index (χ3n) is 10.9. The number of carbonyl (C=O) groups excluding carboxylic acids is 14. The van der Waals surface area contributed by atoms with Gasteiger partial charge in [0.05, 0.1) is 6.04 Å². The molecule has 0 aromatic rings. The van der Waals surface area contributed by atoms with Crippen LogP contribution in [0, 0.1) is 0 Å². The number of hydrogen-bond donors (Lipinski definition) is 16. The molecule has 0 aliphatic carbocycles. The number of amides is 14. The number of hydrogen-bond acceptors (Lipinski definition) is 16. The highest BCUT2D eigenvalue weighted by Crippen LogP contribution is 1.99. The molecule has 0 spiro atoms. The summed E-state index contributed by atoms with van der Waals surface area (Å²) in [5.74, 6) is -12.3. The average molecular weight is 1080 g/mol. The lowest BCUT2D eigenvalue weighted by Gasteiger charge is -2.24. The van der Waals surface area contributed by atoms with Crippen molar-refractivity contribution in [1.29, 1.82) is 0 Å². The fraction of sp³-hybridized carbons (Fsp3) is 0.667. The van der Waals surface area contributed by atoms with Gasteiger partial charge in [0.1, 0.15) is 84.6 Å². The molecule has 0 aliphatic heterocycles. The Bertz CT molecular complexity index is 2190. The maximum absolute atomic E-state index is 12.9. The number of aliphatic carboxylic acids is 1. The lowest BCUT2D eigenvalue weighted by Crippen LogP contribution is -2.59. The van der Waals surface area contributed by atoms with Crippen LogP contribution in [0.5, 0.6) is 0 Å². The third-order valence-corrected chi connectivity index (χ3v) is 10.9. The molecular weight excluding hydrogens is 1010 g/mol. The first-order chi connectivity index (χ1) is 34.9. The maximum atomic E-state index is 12.9. The SMILES string of the molecule is C[C@H](N)C(=O)N[C@@H](C)C(=O)N[C@@H](C)C(=O)N[C@@H](C)C(=O)N[C@@H](C)C(=O)N[C@@H](C)C(=O)N[C@@H](C)C(=O)N[C@@H](C)C(=O)N[C@@H](C)C(=O)N[C@@H](C)C(=O)N[C@@H](C)C(=O)N[C@@H](C)C(=O)N[C@@H](C)C(=O)N[C@@H](C)C(=O)N[C@@H](C)C(=O)O. The van der Waals surface area contributed by atoms with Crippen LogP contribution in [-0.4, -0.2) is 184 Å². The maximum Gasteiger partial charge on any atom is 0.325 e. The van der Waals surface area contributed by atoms with E-state index in [1.165, 1.54) is 104 Å². The Kier molecular flexibility index (Phi) is 28.3. The van der Waals surface area contributed by atoms with E-state index in [2.05, 4.69) is 74.4 Å². The van der Waals surface area contributed by atoms with E-state index in [-0.39, 0.29) is 0 Å². The normalized spacial score (nSPS) is 16.7. The Labute approximate surface area is 439 Å². The molecule has 0 aromatic carbocycles. The third kappa shape index (κ3) is 23.9. The lowest BCUT2D eigenvalue weighted by atomic mass is 10.2. The zero-order chi connectivity index (χ0) is 59.2. The van der Waals surface area contributed by atoms with Crippen molar-refractivity contribution in [2.45, 2.75) is 194 Å². The molecule has 0 saturated carbocycles. The van der Waals surface area contributed by atoms with Crippen LogP contribution < -0.4 is 80.2 Å². The van der Waals surface area contributed by atoms with E-state index >= 15 is 0 Å². The molecule has 14 amide bonds. The van der Waals surface area contributed by atoms with Gasteiger partial charge in [-0.15, -0.1) is 0 Å². The van der Waals surface area contributed by atoms with E-state index in [0.29, 0.717) is 0 Å². The highest BCUT2D eigenvalue weighted by molar-refractivity contribution is 5.99. The molecule has 0 rings (SSSR count).